The van der Waals surface area contributed by atoms with Crippen molar-refractivity contribution in [3.63, 3.8) is 0 Å². The van der Waals surface area contributed by atoms with Crippen molar-refractivity contribution in [1.82, 2.24) is 0 Å². The van der Waals surface area contributed by atoms with E-state index in [9.17, 15) is 0 Å². The van der Waals surface area contributed by atoms with Crippen LogP contribution in [0.5, 0.6) is 0 Å². The van der Waals surface area contributed by atoms with Crippen LogP contribution in [0.3, 0.4) is 0 Å². The molecule has 1 rings (SSSR count). The lowest BCUT2D eigenvalue weighted by Gasteiger charge is -2.29. The molecule has 1 aliphatic rings. The maximum absolute atomic E-state index is 6.67. The molecule has 0 spiro atoms. The molecule has 0 aromatic carbocycles. The Balaban J connectivity index is 2.21. The molecular weight excluding hydrogens is 260 g/mol. The Kier molecular flexibility index (Phi) is 9.88. The molecule has 0 saturated carbocycles. The topological polar surface area (TPSA) is 9.23 Å². The Labute approximate surface area is 129 Å². The minimum Gasteiger partial charge on any atom is -0.414 e. The first-order valence-electron chi connectivity index (χ1n) is 9.38. The van der Waals surface area contributed by atoms with E-state index in [0.717, 1.165) is 0 Å². The van der Waals surface area contributed by atoms with Gasteiger partial charge in [0.25, 0.3) is 0 Å². The average molecular weight is 299 g/mol. The summed E-state index contributed by atoms with van der Waals surface area (Å²) >= 11 is 0. The lowest BCUT2D eigenvalue weighted by atomic mass is 10.0. The third-order valence-corrected chi connectivity index (χ3v) is 8.60. The van der Waals surface area contributed by atoms with Crippen LogP contribution in [0.2, 0.25) is 18.6 Å². The Bertz CT molecular complexity index is 223. The molecule has 120 valence electrons. The minimum atomic E-state index is -1.28. The Morgan fingerprint density at radius 2 is 1.35 bits per heavy atom. The van der Waals surface area contributed by atoms with Gasteiger partial charge in [-0.15, -0.1) is 0 Å². The number of rotatable bonds is 12. The van der Waals surface area contributed by atoms with Crippen LogP contribution in [-0.4, -0.2) is 14.4 Å². The van der Waals surface area contributed by atoms with Crippen LogP contribution in [-0.2, 0) is 4.43 Å². The summed E-state index contributed by atoms with van der Waals surface area (Å²) in [6, 6.07) is 2.85. The van der Waals surface area contributed by atoms with E-state index in [4.69, 9.17) is 4.43 Å². The molecule has 20 heavy (non-hydrogen) atoms. The smallest absolute Gasteiger partial charge is 0.190 e. The van der Waals surface area contributed by atoms with Gasteiger partial charge in [0, 0.05) is 6.10 Å². The Morgan fingerprint density at radius 3 is 2.00 bits per heavy atom. The predicted molar refractivity (Wildman–Crippen MR) is 92.9 cm³/mol. The SMILES string of the molecule is CCCCCCCCC(CCCC)O[Si]1(C)CCCC1. The van der Waals surface area contributed by atoms with Crippen LogP contribution >= 0.6 is 0 Å². The zero-order chi connectivity index (χ0) is 14.7. The minimum absolute atomic E-state index is 0.593. The van der Waals surface area contributed by atoms with Crippen LogP contribution in [0, 0.1) is 0 Å². The maximum atomic E-state index is 6.67. The zero-order valence-corrected chi connectivity index (χ0v) is 15.4. The lowest BCUT2D eigenvalue weighted by molar-refractivity contribution is 0.163. The second kappa shape index (κ2) is 10.8. The average Bonchev–Trinajstić information content (AvgIpc) is 2.86. The maximum Gasteiger partial charge on any atom is 0.190 e. The van der Waals surface area contributed by atoms with E-state index in [1.54, 1.807) is 0 Å². The fraction of sp³-hybridized carbons (Fsp3) is 1.00. The van der Waals surface area contributed by atoms with E-state index in [0.29, 0.717) is 6.10 Å². The number of hydrogen-bond acceptors (Lipinski definition) is 1. The second-order valence-electron chi connectivity index (χ2n) is 7.10. The van der Waals surface area contributed by atoms with E-state index >= 15 is 0 Å². The molecule has 0 radical (unpaired) electrons. The van der Waals surface area contributed by atoms with Gasteiger partial charge in [-0.25, -0.2) is 0 Å². The van der Waals surface area contributed by atoms with Crippen molar-refractivity contribution >= 4 is 8.32 Å². The zero-order valence-electron chi connectivity index (χ0n) is 14.4. The monoisotopic (exact) mass is 298 g/mol. The highest BCUT2D eigenvalue weighted by Gasteiger charge is 2.35. The molecule has 2 heteroatoms. The van der Waals surface area contributed by atoms with Crippen molar-refractivity contribution in [2.24, 2.45) is 0 Å². The fourth-order valence-corrected chi connectivity index (χ4v) is 7.01. The molecule has 0 bridgehead atoms. The summed E-state index contributed by atoms with van der Waals surface area (Å²) in [5.41, 5.74) is 0. The predicted octanol–water partition coefficient (Wildman–Crippen LogP) is 6.68. The molecule has 1 nitrogen and oxygen atoms in total. The molecule has 1 saturated heterocycles. The summed E-state index contributed by atoms with van der Waals surface area (Å²) in [7, 11) is -1.28. The van der Waals surface area contributed by atoms with Crippen molar-refractivity contribution in [3.05, 3.63) is 0 Å². The van der Waals surface area contributed by atoms with Crippen LogP contribution in [0.15, 0.2) is 0 Å². The van der Waals surface area contributed by atoms with Gasteiger partial charge in [-0.2, -0.15) is 0 Å². The highest BCUT2D eigenvalue weighted by Crippen LogP contribution is 2.33. The summed E-state index contributed by atoms with van der Waals surface area (Å²) < 4.78 is 6.67. The molecule has 1 heterocycles. The molecular formula is C18H38OSi. The molecule has 0 aliphatic carbocycles. The Hall–Kier alpha value is 0.177. The van der Waals surface area contributed by atoms with Crippen molar-refractivity contribution in [2.45, 2.75) is 116 Å². The molecule has 1 atom stereocenters. The normalized spacial score (nSPS) is 19.4. The summed E-state index contributed by atoms with van der Waals surface area (Å²) in [6.07, 6.45) is 17.2. The van der Waals surface area contributed by atoms with Crippen molar-refractivity contribution in [3.8, 4) is 0 Å². The van der Waals surface area contributed by atoms with Gasteiger partial charge < -0.3 is 4.43 Å². The quantitative estimate of drug-likeness (QED) is 0.288. The van der Waals surface area contributed by atoms with Crippen molar-refractivity contribution in [1.29, 1.82) is 0 Å². The summed E-state index contributed by atoms with van der Waals surface area (Å²) in [5.74, 6) is 0. The van der Waals surface area contributed by atoms with E-state index in [1.807, 2.05) is 0 Å². The first-order valence-corrected chi connectivity index (χ1v) is 12.2. The van der Waals surface area contributed by atoms with E-state index in [-0.39, 0.29) is 0 Å². The van der Waals surface area contributed by atoms with Gasteiger partial charge in [-0.3, -0.25) is 0 Å². The van der Waals surface area contributed by atoms with Gasteiger partial charge in [0.15, 0.2) is 8.32 Å². The summed E-state index contributed by atoms with van der Waals surface area (Å²) in [4.78, 5) is 0. The molecule has 0 N–H and O–H groups in total. The van der Waals surface area contributed by atoms with Crippen molar-refractivity contribution < 1.29 is 4.43 Å². The third-order valence-electron chi connectivity index (χ3n) is 4.87. The number of unbranched alkanes of at least 4 members (excludes halogenated alkanes) is 6. The Morgan fingerprint density at radius 1 is 0.800 bits per heavy atom. The van der Waals surface area contributed by atoms with Gasteiger partial charge in [0.05, 0.1) is 0 Å². The second-order valence-corrected chi connectivity index (χ2v) is 11.2. The van der Waals surface area contributed by atoms with Crippen LogP contribution in [0.4, 0.5) is 0 Å². The molecule has 1 aliphatic heterocycles. The first-order chi connectivity index (χ1) is 9.70. The van der Waals surface area contributed by atoms with Crippen molar-refractivity contribution in [2.75, 3.05) is 0 Å². The number of hydrogen-bond donors (Lipinski definition) is 0. The van der Waals surface area contributed by atoms with Gasteiger partial charge in [0.2, 0.25) is 0 Å². The van der Waals surface area contributed by atoms with Gasteiger partial charge in [0.1, 0.15) is 0 Å². The van der Waals surface area contributed by atoms with E-state index in [2.05, 4.69) is 20.4 Å². The third kappa shape index (κ3) is 7.83. The molecule has 0 amide bonds. The lowest BCUT2D eigenvalue weighted by Crippen LogP contribution is -2.35. The highest BCUT2D eigenvalue weighted by atomic mass is 28.4. The standard InChI is InChI=1S/C18H38OSi/c1-4-6-8-9-10-11-15-18(14-7-5-2)19-20(3)16-12-13-17-20/h18H,4-17H2,1-3H3. The summed E-state index contributed by atoms with van der Waals surface area (Å²) in [6.45, 7) is 7.08. The molecule has 1 unspecified atom stereocenters. The molecule has 1 fully saturated rings. The van der Waals surface area contributed by atoms with Crippen LogP contribution in [0.1, 0.15) is 90.9 Å². The van der Waals surface area contributed by atoms with E-state index < -0.39 is 8.32 Å². The van der Waals surface area contributed by atoms with Gasteiger partial charge >= 0.3 is 0 Å². The van der Waals surface area contributed by atoms with Gasteiger partial charge in [-0.05, 0) is 31.5 Å². The van der Waals surface area contributed by atoms with Gasteiger partial charge in [-0.1, -0.05) is 78.1 Å². The summed E-state index contributed by atoms with van der Waals surface area (Å²) in [5, 5.41) is 0. The largest absolute Gasteiger partial charge is 0.414 e. The molecule has 0 aromatic rings. The molecule has 0 aromatic heterocycles. The van der Waals surface area contributed by atoms with Crippen LogP contribution < -0.4 is 0 Å². The highest BCUT2D eigenvalue weighted by molar-refractivity contribution is 6.73. The fourth-order valence-electron chi connectivity index (χ4n) is 3.49. The van der Waals surface area contributed by atoms with Crippen LogP contribution in [0.25, 0.3) is 0 Å². The first kappa shape index (κ1) is 18.2. The van der Waals surface area contributed by atoms with E-state index in [1.165, 1.54) is 89.1 Å².